The number of anilines is 2. The molecular weight excluding hydrogens is 515 g/mol. The van der Waals surface area contributed by atoms with Crippen molar-refractivity contribution in [2.45, 2.75) is 11.8 Å². The summed E-state index contributed by atoms with van der Waals surface area (Å²) in [6, 6.07) is 19.7. The quantitative estimate of drug-likeness (QED) is 0.331. The van der Waals surface area contributed by atoms with Crippen LogP contribution >= 0.6 is 34.5 Å². The molecule has 0 fully saturated rings. The topological polar surface area (TPSA) is 92.3 Å². The fourth-order valence-electron chi connectivity index (χ4n) is 3.06. The number of carbonyl (C=O) groups is 1. The molecule has 3 aromatic carbocycles. The van der Waals surface area contributed by atoms with Gasteiger partial charge >= 0.3 is 0 Å². The van der Waals surface area contributed by atoms with Gasteiger partial charge in [0.1, 0.15) is 11.6 Å². The first kappa shape index (κ1) is 24.2. The number of amides is 1. The molecule has 4 rings (SSSR count). The fourth-order valence-corrected chi connectivity index (χ4v) is 5.54. The molecule has 0 saturated carbocycles. The summed E-state index contributed by atoms with van der Waals surface area (Å²) in [4.78, 5) is 12.9. The van der Waals surface area contributed by atoms with E-state index in [1.54, 1.807) is 18.2 Å². The van der Waals surface area contributed by atoms with Gasteiger partial charge in [-0.05, 0) is 49.4 Å². The third-order valence-corrected chi connectivity index (χ3v) is 7.92. The second-order valence-corrected chi connectivity index (χ2v) is 11.0. The summed E-state index contributed by atoms with van der Waals surface area (Å²) in [6.45, 7) is 1.49. The molecule has 11 heteroatoms. The highest BCUT2D eigenvalue weighted by Gasteiger charge is 2.28. The van der Waals surface area contributed by atoms with E-state index in [0.29, 0.717) is 15.1 Å². The van der Waals surface area contributed by atoms with Crippen LogP contribution in [0.2, 0.25) is 10.0 Å². The van der Waals surface area contributed by atoms with Crippen molar-refractivity contribution in [3.8, 4) is 10.6 Å². The number of hydrogen-bond acceptors (Lipinski definition) is 6. The van der Waals surface area contributed by atoms with Crippen molar-refractivity contribution in [2.75, 3.05) is 16.2 Å². The molecule has 0 bridgehead atoms. The Hall–Kier alpha value is -2.98. The normalized spacial score (nSPS) is 11.3. The van der Waals surface area contributed by atoms with Gasteiger partial charge in [-0.15, -0.1) is 10.2 Å². The van der Waals surface area contributed by atoms with Crippen molar-refractivity contribution in [3.05, 3.63) is 88.4 Å². The summed E-state index contributed by atoms with van der Waals surface area (Å²) in [7, 11) is -4.09. The molecule has 1 aromatic heterocycles. The number of halogens is 2. The number of aryl methyl sites for hydroxylation is 1. The lowest BCUT2D eigenvalue weighted by atomic mass is 10.2. The van der Waals surface area contributed by atoms with Gasteiger partial charge in [0.05, 0.1) is 10.6 Å². The maximum absolute atomic E-state index is 13.4. The Labute approximate surface area is 211 Å². The van der Waals surface area contributed by atoms with Gasteiger partial charge in [0.25, 0.3) is 10.0 Å². The molecule has 34 heavy (non-hydrogen) atoms. The maximum atomic E-state index is 13.4. The van der Waals surface area contributed by atoms with E-state index in [2.05, 4.69) is 15.5 Å². The van der Waals surface area contributed by atoms with Crippen molar-refractivity contribution in [2.24, 2.45) is 0 Å². The minimum Gasteiger partial charge on any atom is -0.299 e. The first-order valence-corrected chi connectivity index (χ1v) is 13.0. The number of carbonyl (C=O) groups excluding carboxylic acids is 1. The first-order chi connectivity index (χ1) is 16.2. The van der Waals surface area contributed by atoms with Crippen LogP contribution in [0.3, 0.4) is 0 Å². The SMILES string of the molecule is Cc1ccc(-c2nnc(NC(=O)CN(c3cccc(Cl)c3)S(=O)(=O)c3ccc(Cl)cc3)s2)cc1. The Bertz CT molecular complexity index is 1420. The van der Waals surface area contributed by atoms with Crippen LogP contribution in [0.4, 0.5) is 10.8 Å². The third-order valence-electron chi connectivity index (χ3n) is 4.75. The van der Waals surface area contributed by atoms with E-state index in [9.17, 15) is 13.2 Å². The first-order valence-electron chi connectivity index (χ1n) is 9.97. The van der Waals surface area contributed by atoms with E-state index in [1.807, 2.05) is 31.2 Å². The Morgan fingerprint density at radius 1 is 0.971 bits per heavy atom. The molecule has 1 N–H and O–H groups in total. The Morgan fingerprint density at radius 2 is 1.68 bits per heavy atom. The van der Waals surface area contributed by atoms with Crippen LogP contribution in [-0.4, -0.2) is 31.1 Å². The van der Waals surface area contributed by atoms with Crippen molar-refractivity contribution >= 4 is 61.3 Å². The standard InChI is InChI=1S/C23H18Cl2N4O3S2/c1-15-5-7-16(8-6-15)22-27-28-23(33-22)26-21(30)14-29(19-4-2-3-18(25)13-19)34(31,32)20-11-9-17(24)10-12-20/h2-13H,14H2,1H3,(H,26,28,30). The summed E-state index contributed by atoms with van der Waals surface area (Å²) >= 11 is 13.2. The van der Waals surface area contributed by atoms with Crippen LogP contribution in [0, 0.1) is 6.92 Å². The summed E-state index contributed by atoms with van der Waals surface area (Å²) in [5.74, 6) is -0.580. The molecule has 1 amide bonds. The van der Waals surface area contributed by atoms with E-state index >= 15 is 0 Å². The smallest absolute Gasteiger partial charge is 0.264 e. The minimum absolute atomic E-state index is 0.0118. The summed E-state index contributed by atoms with van der Waals surface area (Å²) in [5, 5.41) is 12.4. The van der Waals surface area contributed by atoms with Gasteiger partial charge < -0.3 is 0 Å². The number of benzene rings is 3. The highest BCUT2D eigenvalue weighted by atomic mass is 35.5. The number of aromatic nitrogens is 2. The van der Waals surface area contributed by atoms with Crippen molar-refractivity contribution in [1.82, 2.24) is 10.2 Å². The van der Waals surface area contributed by atoms with Gasteiger partial charge in [-0.1, -0.05) is 70.4 Å². The lowest BCUT2D eigenvalue weighted by molar-refractivity contribution is -0.114. The summed E-state index contributed by atoms with van der Waals surface area (Å²) in [5.41, 5.74) is 2.23. The summed E-state index contributed by atoms with van der Waals surface area (Å²) in [6.07, 6.45) is 0. The van der Waals surface area contributed by atoms with E-state index in [-0.39, 0.29) is 15.7 Å². The van der Waals surface area contributed by atoms with Crippen LogP contribution < -0.4 is 9.62 Å². The highest BCUT2D eigenvalue weighted by Crippen LogP contribution is 2.29. The zero-order valence-electron chi connectivity index (χ0n) is 17.8. The Morgan fingerprint density at radius 3 is 2.35 bits per heavy atom. The van der Waals surface area contributed by atoms with Gasteiger partial charge in [0, 0.05) is 15.6 Å². The summed E-state index contributed by atoms with van der Waals surface area (Å²) < 4.78 is 27.8. The second-order valence-electron chi connectivity index (χ2n) is 7.27. The van der Waals surface area contributed by atoms with Crippen LogP contribution in [0.15, 0.2) is 77.7 Å². The monoisotopic (exact) mass is 532 g/mol. The van der Waals surface area contributed by atoms with Crippen LogP contribution in [0.1, 0.15) is 5.56 Å². The molecule has 0 spiro atoms. The molecule has 0 radical (unpaired) electrons. The fraction of sp³-hybridized carbons (Fsp3) is 0.0870. The molecule has 0 atom stereocenters. The zero-order chi connectivity index (χ0) is 24.3. The number of nitrogens with zero attached hydrogens (tertiary/aromatic N) is 3. The Kier molecular flexibility index (Phi) is 7.18. The zero-order valence-corrected chi connectivity index (χ0v) is 20.9. The average molecular weight is 533 g/mol. The predicted octanol–water partition coefficient (Wildman–Crippen LogP) is 5.65. The molecule has 174 valence electrons. The predicted molar refractivity (Wildman–Crippen MR) is 136 cm³/mol. The molecule has 0 aliphatic carbocycles. The van der Waals surface area contributed by atoms with Gasteiger partial charge in [-0.2, -0.15) is 0 Å². The molecule has 0 aliphatic heterocycles. The number of sulfonamides is 1. The van der Waals surface area contributed by atoms with Crippen LogP contribution in [-0.2, 0) is 14.8 Å². The van der Waals surface area contributed by atoms with Crippen LogP contribution in [0.5, 0.6) is 0 Å². The van der Waals surface area contributed by atoms with Gasteiger partial charge in [-0.25, -0.2) is 8.42 Å². The lowest BCUT2D eigenvalue weighted by Crippen LogP contribution is -2.38. The van der Waals surface area contributed by atoms with E-state index in [1.165, 1.54) is 41.7 Å². The molecular formula is C23H18Cl2N4O3S2. The Balaban J connectivity index is 1.59. The maximum Gasteiger partial charge on any atom is 0.264 e. The van der Waals surface area contributed by atoms with E-state index in [4.69, 9.17) is 23.2 Å². The third kappa shape index (κ3) is 5.56. The lowest BCUT2D eigenvalue weighted by Gasteiger charge is -2.24. The van der Waals surface area contributed by atoms with Crippen molar-refractivity contribution in [3.63, 3.8) is 0 Å². The molecule has 0 unspecified atom stereocenters. The number of rotatable bonds is 7. The van der Waals surface area contributed by atoms with Gasteiger partial charge in [-0.3, -0.25) is 14.4 Å². The minimum atomic E-state index is -4.09. The van der Waals surface area contributed by atoms with Crippen molar-refractivity contribution < 1.29 is 13.2 Å². The average Bonchev–Trinajstić information content (AvgIpc) is 3.26. The number of nitrogens with one attached hydrogen (secondary N) is 1. The van der Waals surface area contributed by atoms with Gasteiger partial charge in [0.2, 0.25) is 11.0 Å². The second kappa shape index (κ2) is 10.1. The molecule has 0 saturated heterocycles. The molecule has 7 nitrogen and oxygen atoms in total. The molecule has 1 heterocycles. The van der Waals surface area contributed by atoms with Crippen molar-refractivity contribution in [1.29, 1.82) is 0 Å². The number of hydrogen-bond donors (Lipinski definition) is 1. The largest absolute Gasteiger partial charge is 0.299 e. The highest BCUT2D eigenvalue weighted by molar-refractivity contribution is 7.92. The van der Waals surface area contributed by atoms with E-state index < -0.39 is 22.5 Å². The van der Waals surface area contributed by atoms with Gasteiger partial charge in [0.15, 0.2) is 0 Å². The molecule has 0 aliphatic rings. The van der Waals surface area contributed by atoms with Crippen LogP contribution in [0.25, 0.3) is 10.6 Å². The molecule has 4 aromatic rings. The van der Waals surface area contributed by atoms with E-state index in [0.717, 1.165) is 15.4 Å².